The van der Waals surface area contributed by atoms with Gasteiger partial charge < -0.3 is 0 Å². The third-order valence-electron chi connectivity index (χ3n) is 3.03. The summed E-state index contributed by atoms with van der Waals surface area (Å²) in [4.78, 5) is 0. The molecule has 2 rings (SSSR count). The third kappa shape index (κ3) is 2.46. The van der Waals surface area contributed by atoms with Crippen LogP contribution >= 0.6 is 0 Å². The molecule has 0 saturated carbocycles. The standard InChI is InChI=1S/C13H12O6S2/c14-20(15,16)13(21(17,18)19,11-7-3-1-4-8-11)12-9-5-2-6-10-12/h1-10H,(H,14,15,16)(H,17,18,19). The van der Waals surface area contributed by atoms with E-state index >= 15 is 0 Å². The highest BCUT2D eigenvalue weighted by molar-refractivity contribution is 8.04. The van der Waals surface area contributed by atoms with Crippen LogP contribution in [0.3, 0.4) is 0 Å². The van der Waals surface area contributed by atoms with Crippen LogP contribution in [-0.2, 0) is 24.3 Å². The molecule has 0 saturated heterocycles. The zero-order valence-corrected chi connectivity index (χ0v) is 12.3. The molecule has 2 N–H and O–H groups in total. The van der Waals surface area contributed by atoms with E-state index in [4.69, 9.17) is 0 Å². The highest BCUT2D eigenvalue weighted by Crippen LogP contribution is 2.41. The molecule has 0 atom stereocenters. The smallest absolute Gasteiger partial charge is 0.284 e. The van der Waals surface area contributed by atoms with Crippen LogP contribution in [0.15, 0.2) is 60.7 Å². The second-order valence-electron chi connectivity index (χ2n) is 4.30. The third-order valence-corrected chi connectivity index (χ3v) is 6.69. The van der Waals surface area contributed by atoms with Gasteiger partial charge >= 0.3 is 0 Å². The lowest BCUT2D eigenvalue weighted by Crippen LogP contribution is -2.44. The number of hydrogen-bond donors (Lipinski definition) is 2. The molecule has 0 aromatic heterocycles. The minimum atomic E-state index is -5.23. The van der Waals surface area contributed by atoms with Gasteiger partial charge in [0.1, 0.15) is 0 Å². The van der Waals surface area contributed by atoms with Crippen molar-refractivity contribution in [3.63, 3.8) is 0 Å². The average molecular weight is 328 g/mol. The topological polar surface area (TPSA) is 109 Å². The maximum absolute atomic E-state index is 11.9. The molecule has 0 amide bonds. The zero-order chi connectivity index (χ0) is 15.7. The van der Waals surface area contributed by atoms with Crippen LogP contribution in [0, 0.1) is 0 Å². The van der Waals surface area contributed by atoms with Crippen molar-refractivity contribution in [1.82, 2.24) is 0 Å². The minimum absolute atomic E-state index is 0.277. The van der Waals surface area contributed by atoms with Gasteiger partial charge in [-0.15, -0.1) is 0 Å². The van der Waals surface area contributed by atoms with E-state index in [1.54, 1.807) is 12.1 Å². The van der Waals surface area contributed by atoms with Gasteiger partial charge in [-0.2, -0.15) is 16.8 Å². The molecule has 0 bridgehead atoms. The van der Waals surface area contributed by atoms with Gasteiger partial charge in [0.05, 0.1) is 0 Å². The highest BCUT2D eigenvalue weighted by atomic mass is 32.3. The first kappa shape index (κ1) is 15.6. The molecule has 0 radical (unpaired) electrons. The number of hydrogen-bond acceptors (Lipinski definition) is 4. The Morgan fingerprint density at radius 1 is 0.619 bits per heavy atom. The summed E-state index contributed by atoms with van der Waals surface area (Å²) in [6, 6.07) is 13.5. The Bertz CT molecular complexity index is 753. The average Bonchev–Trinajstić information content (AvgIpc) is 2.38. The van der Waals surface area contributed by atoms with Gasteiger partial charge in [0, 0.05) is 0 Å². The molecule has 112 valence electrons. The van der Waals surface area contributed by atoms with E-state index in [1.165, 1.54) is 48.5 Å². The molecule has 2 aromatic rings. The van der Waals surface area contributed by atoms with E-state index in [0.717, 1.165) is 0 Å². The number of rotatable bonds is 4. The molecule has 8 heteroatoms. The Balaban J connectivity index is 3.02. The van der Waals surface area contributed by atoms with Crippen molar-refractivity contribution in [2.45, 2.75) is 4.08 Å². The van der Waals surface area contributed by atoms with Gasteiger partial charge in [-0.1, -0.05) is 60.7 Å². The lowest BCUT2D eigenvalue weighted by molar-refractivity contribution is 0.438. The van der Waals surface area contributed by atoms with Gasteiger partial charge in [-0.25, -0.2) is 0 Å². The van der Waals surface area contributed by atoms with E-state index in [1.807, 2.05) is 0 Å². The SMILES string of the molecule is O=S(=O)(O)C(c1ccccc1)(c1ccccc1)S(=O)(=O)O. The van der Waals surface area contributed by atoms with Crippen LogP contribution in [0.25, 0.3) is 0 Å². The van der Waals surface area contributed by atoms with Crippen LogP contribution in [0.1, 0.15) is 11.1 Å². The summed E-state index contributed by atoms with van der Waals surface area (Å²) in [6.07, 6.45) is 0. The zero-order valence-electron chi connectivity index (χ0n) is 10.6. The molecule has 0 aliphatic carbocycles. The maximum atomic E-state index is 11.9. The molecule has 0 aliphatic rings. The normalized spacial score (nSPS) is 13.0. The van der Waals surface area contributed by atoms with Crippen LogP contribution in [0.5, 0.6) is 0 Å². The van der Waals surface area contributed by atoms with Crippen molar-refractivity contribution in [1.29, 1.82) is 0 Å². The Kier molecular flexibility index (Phi) is 3.89. The maximum Gasteiger partial charge on any atom is 0.296 e. The van der Waals surface area contributed by atoms with Gasteiger partial charge in [-0.05, 0) is 11.1 Å². The Hall–Kier alpha value is -1.74. The second-order valence-corrected chi connectivity index (χ2v) is 7.68. The molecule has 6 nitrogen and oxygen atoms in total. The molecule has 0 spiro atoms. The second kappa shape index (κ2) is 5.23. The molecule has 0 unspecified atom stereocenters. The van der Waals surface area contributed by atoms with E-state index in [9.17, 15) is 25.9 Å². The van der Waals surface area contributed by atoms with Crippen LogP contribution < -0.4 is 0 Å². The monoisotopic (exact) mass is 328 g/mol. The Labute approximate surface area is 122 Å². The molecular formula is C13H12O6S2. The first-order chi connectivity index (χ1) is 9.71. The molecule has 0 fully saturated rings. The van der Waals surface area contributed by atoms with Crippen molar-refractivity contribution in [2.75, 3.05) is 0 Å². The quantitative estimate of drug-likeness (QED) is 0.826. The summed E-state index contributed by atoms with van der Waals surface area (Å²) >= 11 is 0. The molecule has 21 heavy (non-hydrogen) atoms. The van der Waals surface area contributed by atoms with E-state index in [2.05, 4.69) is 0 Å². The van der Waals surface area contributed by atoms with Gasteiger partial charge in [0.25, 0.3) is 24.3 Å². The lowest BCUT2D eigenvalue weighted by Gasteiger charge is -2.28. The fraction of sp³-hybridized carbons (Fsp3) is 0.0769. The largest absolute Gasteiger partial charge is 0.296 e. The van der Waals surface area contributed by atoms with E-state index < -0.39 is 24.3 Å². The van der Waals surface area contributed by atoms with E-state index in [0.29, 0.717) is 0 Å². The van der Waals surface area contributed by atoms with Crippen molar-refractivity contribution < 1.29 is 25.9 Å². The van der Waals surface area contributed by atoms with Crippen molar-refractivity contribution >= 4 is 20.2 Å². The van der Waals surface area contributed by atoms with Gasteiger partial charge in [0.2, 0.25) is 0 Å². The summed E-state index contributed by atoms with van der Waals surface area (Å²) < 4.78 is 63.9. The van der Waals surface area contributed by atoms with Gasteiger partial charge in [0.15, 0.2) is 0 Å². The fourth-order valence-electron chi connectivity index (χ4n) is 2.21. The van der Waals surface area contributed by atoms with Gasteiger partial charge in [-0.3, -0.25) is 9.11 Å². The first-order valence-electron chi connectivity index (χ1n) is 5.76. The minimum Gasteiger partial charge on any atom is -0.284 e. The lowest BCUT2D eigenvalue weighted by atomic mass is 10.0. The van der Waals surface area contributed by atoms with E-state index in [-0.39, 0.29) is 11.1 Å². The number of benzene rings is 2. The molecule has 0 heterocycles. The fourth-order valence-corrected chi connectivity index (χ4v) is 5.01. The molecule has 2 aromatic carbocycles. The molecule has 0 aliphatic heterocycles. The summed E-state index contributed by atoms with van der Waals surface area (Å²) in [7, 11) is -10.5. The van der Waals surface area contributed by atoms with Crippen molar-refractivity contribution in [2.24, 2.45) is 0 Å². The van der Waals surface area contributed by atoms with Crippen LogP contribution in [-0.4, -0.2) is 25.9 Å². The summed E-state index contributed by atoms with van der Waals surface area (Å²) in [6.45, 7) is 0. The summed E-state index contributed by atoms with van der Waals surface area (Å²) in [5.41, 5.74) is -0.553. The van der Waals surface area contributed by atoms with Crippen molar-refractivity contribution in [3.05, 3.63) is 71.8 Å². The van der Waals surface area contributed by atoms with Crippen LogP contribution in [0.2, 0.25) is 0 Å². The molecular weight excluding hydrogens is 316 g/mol. The highest BCUT2D eigenvalue weighted by Gasteiger charge is 2.57. The predicted molar refractivity (Wildman–Crippen MR) is 76.8 cm³/mol. The summed E-state index contributed by atoms with van der Waals surface area (Å²) in [5, 5.41) is 0. The van der Waals surface area contributed by atoms with Crippen molar-refractivity contribution in [3.8, 4) is 0 Å². The summed E-state index contributed by atoms with van der Waals surface area (Å²) in [5.74, 6) is 0. The Morgan fingerprint density at radius 2 is 0.905 bits per heavy atom. The Morgan fingerprint density at radius 3 is 1.14 bits per heavy atom. The predicted octanol–water partition coefficient (Wildman–Crippen LogP) is 1.66. The first-order valence-corrected chi connectivity index (χ1v) is 8.64. The van der Waals surface area contributed by atoms with Crippen LogP contribution in [0.4, 0.5) is 0 Å².